The van der Waals surface area contributed by atoms with E-state index in [4.69, 9.17) is 16.0 Å². The minimum Gasteiger partial charge on any atom is -0.423 e. The molecular formula is C24H16ClF3N4O3. The number of anilines is 1. The van der Waals surface area contributed by atoms with Gasteiger partial charge >= 0.3 is 0 Å². The Morgan fingerprint density at radius 2 is 1.74 bits per heavy atom. The molecular weight excluding hydrogens is 485 g/mol. The lowest BCUT2D eigenvalue weighted by atomic mass is 10.1. The normalized spacial score (nSPS) is 10.8. The van der Waals surface area contributed by atoms with Crippen molar-refractivity contribution in [2.45, 2.75) is 13.5 Å². The molecule has 0 saturated heterocycles. The topological polar surface area (TPSA) is 97.1 Å². The molecule has 3 aromatic carbocycles. The third kappa shape index (κ3) is 5.33. The Labute approximate surface area is 201 Å². The van der Waals surface area contributed by atoms with Crippen LogP contribution in [0.15, 0.2) is 59.3 Å². The molecule has 0 saturated carbocycles. The first kappa shape index (κ1) is 24.0. The smallest absolute Gasteiger partial charge is 0.257 e. The van der Waals surface area contributed by atoms with Gasteiger partial charge in [0, 0.05) is 17.8 Å². The van der Waals surface area contributed by atoms with Gasteiger partial charge in [-0.2, -0.15) is 0 Å². The van der Waals surface area contributed by atoms with Crippen LogP contribution < -0.4 is 10.6 Å². The van der Waals surface area contributed by atoms with Crippen molar-refractivity contribution in [2.75, 3.05) is 5.32 Å². The van der Waals surface area contributed by atoms with E-state index in [0.717, 1.165) is 24.3 Å². The lowest BCUT2D eigenvalue weighted by Gasteiger charge is -2.12. The summed E-state index contributed by atoms with van der Waals surface area (Å²) in [6.07, 6.45) is 1.20. The maximum atomic E-state index is 14.5. The summed E-state index contributed by atoms with van der Waals surface area (Å²) >= 11 is 6.07. The number of hydrogen-bond donors (Lipinski definition) is 2. The molecule has 2 N–H and O–H groups in total. The number of nitrogens with zero attached hydrogens (tertiary/aromatic N) is 2. The maximum Gasteiger partial charge on any atom is 0.257 e. The zero-order valence-electron chi connectivity index (χ0n) is 18.0. The van der Waals surface area contributed by atoms with E-state index in [-0.39, 0.29) is 22.7 Å². The first-order valence-electron chi connectivity index (χ1n) is 10.1. The van der Waals surface area contributed by atoms with Crippen molar-refractivity contribution in [1.82, 2.24) is 15.5 Å². The Kier molecular flexibility index (Phi) is 6.83. The van der Waals surface area contributed by atoms with Gasteiger partial charge in [-0.15, -0.1) is 10.2 Å². The molecule has 0 bridgehead atoms. The number of carbonyl (C=O) groups is 2. The standard InChI is InChI=1S/C24H16ClF3N4O3/c1-12-6-14(24-32-30-11-35-24)3-5-21(12)31-23(34)15-8-16(19(27)9-17(15)25)22(33)29-10-13-2-4-18(26)20(28)7-13/h2-9,11H,10H2,1H3,(H,29,33)(H,31,34). The van der Waals surface area contributed by atoms with Crippen LogP contribution in [-0.2, 0) is 6.54 Å². The summed E-state index contributed by atoms with van der Waals surface area (Å²) in [4.78, 5) is 25.4. The number of halogens is 4. The molecule has 0 aliphatic carbocycles. The Bertz CT molecular complexity index is 1430. The Morgan fingerprint density at radius 1 is 0.943 bits per heavy atom. The number of nitrogens with one attached hydrogen (secondary N) is 2. The molecule has 0 aliphatic rings. The van der Waals surface area contributed by atoms with Crippen LogP contribution in [0.2, 0.25) is 5.02 Å². The van der Waals surface area contributed by atoms with E-state index >= 15 is 0 Å². The van der Waals surface area contributed by atoms with Gasteiger partial charge in [-0.1, -0.05) is 17.7 Å². The highest BCUT2D eigenvalue weighted by Gasteiger charge is 2.20. The summed E-state index contributed by atoms with van der Waals surface area (Å²) in [6.45, 7) is 1.56. The summed E-state index contributed by atoms with van der Waals surface area (Å²) in [7, 11) is 0. The predicted octanol–water partition coefficient (Wildman–Crippen LogP) is 5.30. The van der Waals surface area contributed by atoms with Crippen LogP contribution >= 0.6 is 11.6 Å². The molecule has 0 aliphatic heterocycles. The molecule has 11 heteroatoms. The van der Waals surface area contributed by atoms with Gasteiger partial charge in [0.2, 0.25) is 12.3 Å². The predicted molar refractivity (Wildman–Crippen MR) is 121 cm³/mol. The highest BCUT2D eigenvalue weighted by atomic mass is 35.5. The highest BCUT2D eigenvalue weighted by molar-refractivity contribution is 6.34. The van der Waals surface area contributed by atoms with E-state index in [1.165, 1.54) is 12.5 Å². The molecule has 1 heterocycles. The largest absolute Gasteiger partial charge is 0.423 e. The molecule has 0 fully saturated rings. The van der Waals surface area contributed by atoms with Crippen LogP contribution in [0.4, 0.5) is 18.9 Å². The minimum atomic E-state index is -1.08. The van der Waals surface area contributed by atoms with Crippen molar-refractivity contribution in [1.29, 1.82) is 0 Å². The lowest BCUT2D eigenvalue weighted by molar-refractivity contribution is 0.0947. The van der Waals surface area contributed by atoms with Crippen LogP contribution in [0.1, 0.15) is 31.8 Å². The van der Waals surface area contributed by atoms with Gasteiger partial charge in [0.1, 0.15) is 5.82 Å². The number of aromatic nitrogens is 2. The van der Waals surface area contributed by atoms with Crippen molar-refractivity contribution < 1.29 is 27.2 Å². The molecule has 7 nitrogen and oxygen atoms in total. The van der Waals surface area contributed by atoms with Gasteiger partial charge in [-0.3, -0.25) is 9.59 Å². The first-order chi connectivity index (χ1) is 16.7. The van der Waals surface area contributed by atoms with Crippen LogP contribution in [0.3, 0.4) is 0 Å². The molecule has 35 heavy (non-hydrogen) atoms. The molecule has 1 aromatic heterocycles. The van der Waals surface area contributed by atoms with Crippen molar-refractivity contribution in [3.8, 4) is 11.5 Å². The summed E-state index contributed by atoms with van der Waals surface area (Å²) in [5.74, 6) is -4.27. The van der Waals surface area contributed by atoms with E-state index in [2.05, 4.69) is 20.8 Å². The number of rotatable bonds is 6. The quantitative estimate of drug-likeness (QED) is 0.374. The molecule has 0 atom stereocenters. The van der Waals surface area contributed by atoms with E-state index < -0.39 is 34.8 Å². The van der Waals surface area contributed by atoms with Crippen LogP contribution in [0.25, 0.3) is 11.5 Å². The van der Waals surface area contributed by atoms with E-state index in [1.54, 1.807) is 25.1 Å². The van der Waals surface area contributed by atoms with Gasteiger partial charge in [0.25, 0.3) is 11.8 Å². The Hall–Kier alpha value is -4.18. The average Bonchev–Trinajstić information content (AvgIpc) is 3.36. The number of benzene rings is 3. The van der Waals surface area contributed by atoms with Crippen LogP contribution in [0.5, 0.6) is 0 Å². The third-order valence-corrected chi connectivity index (χ3v) is 5.38. The molecule has 0 unspecified atom stereocenters. The Morgan fingerprint density at radius 3 is 2.43 bits per heavy atom. The van der Waals surface area contributed by atoms with E-state index in [1.807, 2.05) is 0 Å². The zero-order valence-corrected chi connectivity index (χ0v) is 18.8. The molecule has 0 spiro atoms. The van der Waals surface area contributed by atoms with Gasteiger partial charge in [0.05, 0.1) is 16.1 Å². The molecule has 2 amide bonds. The van der Waals surface area contributed by atoms with Crippen molar-refractivity contribution in [3.05, 3.63) is 99.7 Å². The minimum absolute atomic E-state index is 0.133. The van der Waals surface area contributed by atoms with Crippen molar-refractivity contribution in [3.63, 3.8) is 0 Å². The summed E-state index contributed by atoms with van der Waals surface area (Å²) < 4.78 is 46.0. The van der Waals surface area contributed by atoms with Gasteiger partial charge in [-0.25, -0.2) is 13.2 Å². The average molecular weight is 501 g/mol. The SMILES string of the molecule is Cc1cc(-c2nnco2)ccc1NC(=O)c1cc(C(=O)NCc2ccc(F)c(F)c2)c(F)cc1Cl. The Balaban J connectivity index is 1.51. The molecule has 178 valence electrons. The summed E-state index contributed by atoms with van der Waals surface area (Å²) in [6, 6.07) is 10.0. The van der Waals surface area contributed by atoms with E-state index in [0.29, 0.717) is 22.7 Å². The van der Waals surface area contributed by atoms with Crippen molar-refractivity contribution in [2.24, 2.45) is 0 Å². The fourth-order valence-electron chi connectivity index (χ4n) is 3.25. The van der Waals surface area contributed by atoms with Crippen LogP contribution in [0, 0.1) is 24.4 Å². The summed E-state index contributed by atoms with van der Waals surface area (Å²) in [5.41, 5.74) is 1.47. The van der Waals surface area contributed by atoms with Crippen molar-refractivity contribution >= 4 is 29.1 Å². The number of aryl methyl sites for hydroxylation is 1. The number of amides is 2. The second-order valence-electron chi connectivity index (χ2n) is 7.47. The summed E-state index contributed by atoms with van der Waals surface area (Å²) in [5, 5.41) is 12.3. The van der Waals surface area contributed by atoms with Gasteiger partial charge in [0.15, 0.2) is 11.6 Å². The molecule has 4 rings (SSSR count). The second kappa shape index (κ2) is 9.98. The maximum absolute atomic E-state index is 14.5. The fraction of sp³-hybridized carbons (Fsp3) is 0.0833. The lowest BCUT2D eigenvalue weighted by Crippen LogP contribution is -2.25. The third-order valence-electron chi connectivity index (χ3n) is 5.06. The molecule has 4 aromatic rings. The fourth-order valence-corrected chi connectivity index (χ4v) is 3.49. The van der Waals surface area contributed by atoms with Gasteiger partial charge < -0.3 is 15.1 Å². The van der Waals surface area contributed by atoms with Crippen LogP contribution in [-0.4, -0.2) is 22.0 Å². The zero-order chi connectivity index (χ0) is 25.1. The van der Waals surface area contributed by atoms with Gasteiger partial charge in [-0.05, 0) is 60.5 Å². The molecule has 0 radical (unpaired) electrons. The van der Waals surface area contributed by atoms with E-state index in [9.17, 15) is 22.8 Å². The number of hydrogen-bond acceptors (Lipinski definition) is 5. The first-order valence-corrected chi connectivity index (χ1v) is 10.5. The monoisotopic (exact) mass is 500 g/mol. The number of carbonyl (C=O) groups excluding carboxylic acids is 2. The highest BCUT2D eigenvalue weighted by Crippen LogP contribution is 2.26. The second-order valence-corrected chi connectivity index (χ2v) is 7.88.